The number of aromatic nitrogens is 2. The van der Waals surface area contributed by atoms with Crippen LogP contribution in [0.25, 0.3) is 5.69 Å². The first kappa shape index (κ1) is 12.1. The predicted molar refractivity (Wildman–Crippen MR) is 53.2 cm³/mol. The molecule has 0 saturated heterocycles. The molecular weight excluding hydrogens is 250 g/mol. The minimum absolute atomic E-state index is 0.355. The second-order valence-electron chi connectivity index (χ2n) is 3.38. The summed E-state index contributed by atoms with van der Waals surface area (Å²) in [6.07, 6.45) is -4.03. The Bertz CT molecular complexity index is 622. The van der Waals surface area contributed by atoms with Gasteiger partial charge in [-0.25, -0.2) is 9.07 Å². The van der Waals surface area contributed by atoms with Crippen molar-refractivity contribution in [3.8, 4) is 11.8 Å². The first-order valence-electron chi connectivity index (χ1n) is 4.75. The van der Waals surface area contributed by atoms with Crippen LogP contribution < -0.4 is 0 Å². The minimum Gasteiger partial charge on any atom is -0.224 e. The van der Waals surface area contributed by atoms with E-state index in [0.29, 0.717) is 4.68 Å². The van der Waals surface area contributed by atoms with Gasteiger partial charge in [0.05, 0.1) is 6.20 Å². The standard InChI is InChI=1S/C11H5F4N3/c12-8-3-1-2-4-9(8)18-10(11(13,14)15)7(5-16)6-17-18/h1-4,6H. The molecule has 0 bridgehead atoms. The van der Waals surface area contributed by atoms with E-state index >= 15 is 0 Å². The van der Waals surface area contributed by atoms with Crippen molar-refractivity contribution in [2.45, 2.75) is 6.18 Å². The van der Waals surface area contributed by atoms with Crippen LogP contribution in [-0.4, -0.2) is 9.78 Å². The maximum Gasteiger partial charge on any atom is 0.434 e. The normalized spacial score (nSPS) is 11.3. The molecule has 92 valence electrons. The van der Waals surface area contributed by atoms with Gasteiger partial charge in [0.1, 0.15) is 23.1 Å². The highest BCUT2D eigenvalue weighted by molar-refractivity contribution is 5.41. The first-order chi connectivity index (χ1) is 8.45. The lowest BCUT2D eigenvalue weighted by molar-refractivity contribution is -0.143. The minimum atomic E-state index is -4.79. The SMILES string of the molecule is N#Cc1cnn(-c2ccccc2F)c1C(F)(F)F. The van der Waals surface area contributed by atoms with Crippen molar-refractivity contribution in [1.29, 1.82) is 5.26 Å². The van der Waals surface area contributed by atoms with Crippen LogP contribution in [0.4, 0.5) is 17.6 Å². The van der Waals surface area contributed by atoms with Gasteiger partial charge in [0.25, 0.3) is 0 Å². The zero-order valence-corrected chi connectivity index (χ0v) is 8.74. The molecule has 2 aromatic rings. The summed E-state index contributed by atoms with van der Waals surface area (Å²) in [5.74, 6) is -0.851. The molecule has 0 aliphatic carbocycles. The number of alkyl halides is 3. The van der Waals surface area contributed by atoms with Gasteiger partial charge in [-0.1, -0.05) is 12.1 Å². The molecule has 1 aromatic carbocycles. The van der Waals surface area contributed by atoms with Crippen LogP contribution in [0.3, 0.4) is 0 Å². The summed E-state index contributed by atoms with van der Waals surface area (Å²) >= 11 is 0. The number of nitriles is 1. The molecule has 3 nitrogen and oxygen atoms in total. The van der Waals surface area contributed by atoms with Crippen LogP contribution in [0.15, 0.2) is 30.5 Å². The van der Waals surface area contributed by atoms with E-state index in [9.17, 15) is 17.6 Å². The Morgan fingerprint density at radius 1 is 1.22 bits per heavy atom. The summed E-state index contributed by atoms with van der Waals surface area (Å²) < 4.78 is 52.3. The van der Waals surface area contributed by atoms with Crippen LogP contribution in [0, 0.1) is 17.1 Å². The van der Waals surface area contributed by atoms with Gasteiger partial charge in [-0.05, 0) is 12.1 Å². The van der Waals surface area contributed by atoms with Gasteiger partial charge in [-0.15, -0.1) is 0 Å². The molecule has 0 spiro atoms. The zero-order valence-electron chi connectivity index (χ0n) is 8.74. The smallest absolute Gasteiger partial charge is 0.224 e. The average Bonchev–Trinajstić information content (AvgIpc) is 2.73. The highest BCUT2D eigenvalue weighted by Gasteiger charge is 2.39. The summed E-state index contributed by atoms with van der Waals surface area (Å²) in [5, 5.41) is 12.0. The van der Waals surface area contributed by atoms with Gasteiger partial charge in [0, 0.05) is 0 Å². The lowest BCUT2D eigenvalue weighted by atomic mass is 10.2. The molecule has 0 amide bonds. The van der Waals surface area contributed by atoms with Gasteiger partial charge in [-0.2, -0.15) is 23.5 Å². The summed E-state index contributed by atoms with van der Waals surface area (Å²) in [5.41, 5.74) is -2.29. The van der Waals surface area contributed by atoms with E-state index in [1.165, 1.54) is 18.2 Å². The molecule has 7 heteroatoms. The van der Waals surface area contributed by atoms with E-state index in [4.69, 9.17) is 5.26 Å². The molecule has 0 radical (unpaired) electrons. The van der Waals surface area contributed by atoms with Crippen molar-refractivity contribution in [3.05, 3.63) is 47.5 Å². The molecule has 0 aliphatic rings. The molecule has 0 aliphatic heterocycles. The summed E-state index contributed by atoms with van der Waals surface area (Å²) in [7, 11) is 0. The van der Waals surface area contributed by atoms with Crippen molar-refractivity contribution in [1.82, 2.24) is 9.78 Å². The molecular formula is C11H5F4N3. The second-order valence-corrected chi connectivity index (χ2v) is 3.38. The Labute approximate surface area is 98.9 Å². The number of nitrogens with zero attached hydrogens (tertiary/aromatic N) is 3. The lowest BCUT2D eigenvalue weighted by Gasteiger charge is -2.11. The van der Waals surface area contributed by atoms with E-state index in [1.54, 1.807) is 0 Å². The van der Waals surface area contributed by atoms with Crippen LogP contribution >= 0.6 is 0 Å². The van der Waals surface area contributed by atoms with E-state index in [2.05, 4.69) is 5.10 Å². The third kappa shape index (κ3) is 1.93. The Kier molecular flexibility index (Phi) is 2.79. The average molecular weight is 255 g/mol. The summed E-state index contributed by atoms with van der Waals surface area (Å²) in [6, 6.07) is 6.28. The Morgan fingerprint density at radius 3 is 2.44 bits per heavy atom. The van der Waals surface area contributed by atoms with Crippen molar-refractivity contribution >= 4 is 0 Å². The molecule has 0 N–H and O–H groups in total. The second kappa shape index (κ2) is 4.14. The molecule has 1 aromatic heterocycles. The third-order valence-electron chi connectivity index (χ3n) is 2.24. The third-order valence-corrected chi connectivity index (χ3v) is 2.24. The van der Waals surface area contributed by atoms with Crippen LogP contribution in [-0.2, 0) is 6.18 Å². The Morgan fingerprint density at radius 2 is 1.89 bits per heavy atom. The van der Waals surface area contributed by atoms with Gasteiger partial charge < -0.3 is 0 Å². The van der Waals surface area contributed by atoms with Gasteiger partial charge in [0.15, 0.2) is 5.69 Å². The lowest BCUT2D eigenvalue weighted by Crippen LogP contribution is -2.15. The molecule has 18 heavy (non-hydrogen) atoms. The fraction of sp³-hybridized carbons (Fsp3) is 0.0909. The quantitative estimate of drug-likeness (QED) is 0.735. The molecule has 0 atom stereocenters. The number of hydrogen-bond acceptors (Lipinski definition) is 2. The largest absolute Gasteiger partial charge is 0.434 e. The molecule has 2 rings (SSSR count). The maximum atomic E-state index is 13.4. The topological polar surface area (TPSA) is 41.6 Å². The molecule has 0 fully saturated rings. The fourth-order valence-corrected chi connectivity index (χ4v) is 1.51. The predicted octanol–water partition coefficient (Wildman–Crippen LogP) is 2.90. The molecule has 0 saturated carbocycles. The van der Waals surface area contributed by atoms with Crippen molar-refractivity contribution in [3.63, 3.8) is 0 Å². The Hall–Kier alpha value is -2.36. The first-order valence-corrected chi connectivity index (χ1v) is 4.75. The highest BCUT2D eigenvalue weighted by Crippen LogP contribution is 2.33. The maximum absolute atomic E-state index is 13.4. The van der Waals surface area contributed by atoms with Crippen LogP contribution in [0.1, 0.15) is 11.3 Å². The molecule has 0 unspecified atom stereocenters. The van der Waals surface area contributed by atoms with Crippen molar-refractivity contribution < 1.29 is 17.6 Å². The van der Waals surface area contributed by atoms with Gasteiger partial charge in [0.2, 0.25) is 0 Å². The number of rotatable bonds is 1. The van der Waals surface area contributed by atoms with Gasteiger partial charge >= 0.3 is 6.18 Å². The fourth-order valence-electron chi connectivity index (χ4n) is 1.51. The van der Waals surface area contributed by atoms with Crippen LogP contribution in [0.5, 0.6) is 0 Å². The van der Waals surface area contributed by atoms with Crippen molar-refractivity contribution in [2.75, 3.05) is 0 Å². The monoisotopic (exact) mass is 255 g/mol. The van der Waals surface area contributed by atoms with E-state index in [0.717, 1.165) is 18.3 Å². The van der Waals surface area contributed by atoms with E-state index < -0.39 is 23.3 Å². The van der Waals surface area contributed by atoms with Crippen LogP contribution in [0.2, 0.25) is 0 Å². The number of halogens is 4. The summed E-state index contributed by atoms with van der Waals surface area (Å²) in [4.78, 5) is 0. The van der Waals surface area contributed by atoms with E-state index in [-0.39, 0.29) is 5.69 Å². The Balaban J connectivity index is 2.71. The number of para-hydroxylation sites is 1. The van der Waals surface area contributed by atoms with Crippen molar-refractivity contribution in [2.24, 2.45) is 0 Å². The zero-order chi connectivity index (χ0) is 13.3. The molecule has 1 heterocycles. The summed E-state index contributed by atoms with van der Waals surface area (Å²) in [6.45, 7) is 0. The van der Waals surface area contributed by atoms with Gasteiger partial charge in [-0.3, -0.25) is 0 Å². The number of hydrogen-bond donors (Lipinski definition) is 0. The number of benzene rings is 1. The van der Waals surface area contributed by atoms with E-state index in [1.807, 2.05) is 0 Å². The highest BCUT2D eigenvalue weighted by atomic mass is 19.4.